The standard InChI is InChI=1S/C14H26N2O5/c1-14(21,9-12(18)19)10-15-13(20)16(7-8-17)11-5-3-2-4-6-11/h11,17,21H,2-10H2,1H3,(H,15,20)(H,18,19). The molecule has 1 fully saturated rings. The second kappa shape index (κ2) is 8.19. The van der Waals surface area contributed by atoms with Gasteiger partial charge in [0.05, 0.1) is 18.6 Å². The summed E-state index contributed by atoms with van der Waals surface area (Å²) < 4.78 is 0. The van der Waals surface area contributed by atoms with E-state index in [-0.39, 0.29) is 31.8 Å². The monoisotopic (exact) mass is 302 g/mol. The molecule has 0 heterocycles. The summed E-state index contributed by atoms with van der Waals surface area (Å²) in [6.45, 7) is 1.37. The lowest BCUT2D eigenvalue weighted by Gasteiger charge is -2.34. The Bertz CT molecular complexity index is 353. The van der Waals surface area contributed by atoms with Gasteiger partial charge in [-0.25, -0.2) is 4.79 Å². The molecule has 1 saturated carbocycles. The molecule has 1 aliphatic rings. The van der Waals surface area contributed by atoms with Crippen LogP contribution in [0.25, 0.3) is 0 Å². The Labute approximate surface area is 124 Å². The minimum atomic E-state index is -1.49. The molecule has 1 atom stereocenters. The van der Waals surface area contributed by atoms with E-state index in [1.54, 1.807) is 4.90 Å². The Hall–Kier alpha value is -1.34. The molecule has 1 rings (SSSR count). The van der Waals surface area contributed by atoms with E-state index in [1.165, 1.54) is 13.3 Å². The van der Waals surface area contributed by atoms with Crippen molar-refractivity contribution in [3.8, 4) is 0 Å². The largest absolute Gasteiger partial charge is 0.481 e. The van der Waals surface area contributed by atoms with Crippen molar-refractivity contribution in [2.45, 2.75) is 57.1 Å². The molecule has 2 amide bonds. The Morgan fingerprint density at radius 2 is 1.90 bits per heavy atom. The second-order valence-electron chi connectivity index (χ2n) is 5.93. The van der Waals surface area contributed by atoms with Crippen LogP contribution in [0.1, 0.15) is 45.4 Å². The maximum Gasteiger partial charge on any atom is 0.317 e. The van der Waals surface area contributed by atoms with E-state index in [2.05, 4.69) is 5.32 Å². The van der Waals surface area contributed by atoms with E-state index in [0.29, 0.717) is 0 Å². The fourth-order valence-corrected chi connectivity index (χ4v) is 2.71. The van der Waals surface area contributed by atoms with Gasteiger partial charge in [0.2, 0.25) is 0 Å². The molecule has 1 aliphatic carbocycles. The molecular weight excluding hydrogens is 276 g/mol. The average molecular weight is 302 g/mol. The van der Waals surface area contributed by atoms with Crippen molar-refractivity contribution in [1.82, 2.24) is 10.2 Å². The van der Waals surface area contributed by atoms with Crippen LogP contribution in [0.5, 0.6) is 0 Å². The number of aliphatic hydroxyl groups is 2. The molecule has 0 saturated heterocycles. The van der Waals surface area contributed by atoms with Crippen molar-refractivity contribution in [1.29, 1.82) is 0 Å². The highest BCUT2D eigenvalue weighted by Crippen LogP contribution is 2.22. The number of aliphatic hydroxyl groups excluding tert-OH is 1. The SMILES string of the molecule is CC(O)(CNC(=O)N(CCO)C1CCCCC1)CC(=O)O. The fraction of sp³-hybridized carbons (Fsp3) is 0.857. The van der Waals surface area contributed by atoms with Gasteiger partial charge in [0.1, 0.15) is 0 Å². The van der Waals surface area contributed by atoms with Crippen LogP contribution < -0.4 is 5.32 Å². The highest BCUT2D eigenvalue weighted by Gasteiger charge is 2.28. The predicted octanol–water partition coefficient (Wildman–Crippen LogP) is 0.549. The van der Waals surface area contributed by atoms with E-state index in [1.807, 2.05) is 0 Å². The van der Waals surface area contributed by atoms with E-state index < -0.39 is 18.0 Å². The number of carbonyl (C=O) groups is 2. The van der Waals surface area contributed by atoms with Crippen LogP contribution >= 0.6 is 0 Å². The van der Waals surface area contributed by atoms with E-state index in [9.17, 15) is 14.7 Å². The Morgan fingerprint density at radius 1 is 1.29 bits per heavy atom. The highest BCUT2D eigenvalue weighted by molar-refractivity contribution is 5.75. The van der Waals surface area contributed by atoms with Crippen LogP contribution in [-0.2, 0) is 4.79 Å². The molecule has 0 aromatic rings. The number of nitrogens with zero attached hydrogens (tertiary/aromatic N) is 1. The lowest BCUT2D eigenvalue weighted by molar-refractivity contribution is -0.141. The molecule has 0 bridgehead atoms. The molecule has 4 N–H and O–H groups in total. The summed E-state index contributed by atoms with van der Waals surface area (Å²) in [5.41, 5.74) is -1.49. The van der Waals surface area contributed by atoms with Crippen LogP contribution in [0.2, 0.25) is 0 Å². The van der Waals surface area contributed by atoms with E-state index in [0.717, 1.165) is 25.7 Å². The zero-order valence-corrected chi connectivity index (χ0v) is 12.5. The first-order valence-corrected chi connectivity index (χ1v) is 7.45. The number of rotatable bonds is 7. The van der Waals surface area contributed by atoms with Gasteiger partial charge < -0.3 is 25.5 Å². The van der Waals surface area contributed by atoms with E-state index >= 15 is 0 Å². The van der Waals surface area contributed by atoms with E-state index in [4.69, 9.17) is 10.2 Å². The number of urea groups is 1. The third kappa shape index (κ3) is 6.31. The van der Waals surface area contributed by atoms with Crippen molar-refractivity contribution >= 4 is 12.0 Å². The van der Waals surface area contributed by atoms with Crippen LogP contribution in [0, 0.1) is 0 Å². The third-order valence-electron chi connectivity index (χ3n) is 3.77. The molecule has 0 radical (unpaired) electrons. The molecule has 7 nitrogen and oxygen atoms in total. The third-order valence-corrected chi connectivity index (χ3v) is 3.77. The van der Waals surface area contributed by atoms with Gasteiger partial charge in [-0.3, -0.25) is 4.79 Å². The van der Waals surface area contributed by atoms with Gasteiger partial charge in [-0.2, -0.15) is 0 Å². The maximum atomic E-state index is 12.2. The number of amides is 2. The van der Waals surface area contributed by atoms with Crippen LogP contribution in [0.4, 0.5) is 4.79 Å². The molecule has 0 spiro atoms. The summed E-state index contributed by atoms with van der Waals surface area (Å²) in [5, 5.41) is 30.3. The Balaban J connectivity index is 2.54. The number of aliphatic carboxylic acids is 1. The molecule has 7 heteroatoms. The van der Waals surface area contributed by atoms with Crippen LogP contribution in [0.3, 0.4) is 0 Å². The fourth-order valence-electron chi connectivity index (χ4n) is 2.71. The minimum absolute atomic E-state index is 0.107. The first kappa shape index (κ1) is 17.7. The Kier molecular flexibility index (Phi) is 6.91. The lowest BCUT2D eigenvalue weighted by Crippen LogP contribution is -2.51. The second-order valence-corrected chi connectivity index (χ2v) is 5.93. The van der Waals surface area contributed by atoms with Gasteiger partial charge in [-0.15, -0.1) is 0 Å². The smallest absolute Gasteiger partial charge is 0.317 e. The number of hydrogen-bond donors (Lipinski definition) is 4. The summed E-state index contributed by atoms with van der Waals surface area (Å²) in [7, 11) is 0. The van der Waals surface area contributed by atoms with Gasteiger partial charge in [-0.1, -0.05) is 19.3 Å². The number of carboxylic acid groups (broad SMARTS) is 1. The molecule has 1 unspecified atom stereocenters. The van der Waals surface area contributed by atoms with Gasteiger partial charge in [0.25, 0.3) is 0 Å². The summed E-state index contributed by atoms with van der Waals surface area (Å²) in [4.78, 5) is 24.4. The normalized spacial score (nSPS) is 18.8. The molecule has 0 aromatic carbocycles. The number of carboxylic acids is 1. The predicted molar refractivity (Wildman–Crippen MR) is 76.9 cm³/mol. The summed E-state index contributed by atoms with van der Waals surface area (Å²) in [6, 6.07) is -0.253. The average Bonchev–Trinajstić information content (AvgIpc) is 2.42. The van der Waals surface area contributed by atoms with Crippen molar-refractivity contribution in [3.63, 3.8) is 0 Å². The van der Waals surface area contributed by atoms with Crippen LogP contribution in [-0.4, -0.2) is 63.6 Å². The highest BCUT2D eigenvalue weighted by atomic mass is 16.4. The number of nitrogens with one attached hydrogen (secondary N) is 1. The first-order valence-electron chi connectivity index (χ1n) is 7.45. The molecule has 0 aliphatic heterocycles. The summed E-state index contributed by atoms with van der Waals surface area (Å²) in [6.07, 6.45) is 4.69. The molecule has 21 heavy (non-hydrogen) atoms. The number of carbonyl (C=O) groups excluding carboxylic acids is 1. The zero-order valence-electron chi connectivity index (χ0n) is 12.5. The quantitative estimate of drug-likeness (QED) is 0.549. The first-order chi connectivity index (χ1) is 9.85. The van der Waals surface area contributed by atoms with Gasteiger partial charge >= 0.3 is 12.0 Å². The summed E-state index contributed by atoms with van der Waals surface area (Å²) in [5.74, 6) is -1.12. The van der Waals surface area contributed by atoms with Gasteiger partial charge in [-0.05, 0) is 19.8 Å². The maximum absolute atomic E-state index is 12.2. The van der Waals surface area contributed by atoms with Crippen molar-refractivity contribution in [3.05, 3.63) is 0 Å². The van der Waals surface area contributed by atoms with Crippen molar-refractivity contribution in [2.24, 2.45) is 0 Å². The van der Waals surface area contributed by atoms with Crippen LogP contribution in [0.15, 0.2) is 0 Å². The van der Waals surface area contributed by atoms with Gasteiger partial charge in [0, 0.05) is 19.1 Å². The topological polar surface area (TPSA) is 110 Å². The van der Waals surface area contributed by atoms with Gasteiger partial charge in [0.15, 0.2) is 0 Å². The molecule has 122 valence electrons. The molecule has 0 aromatic heterocycles. The summed E-state index contributed by atoms with van der Waals surface area (Å²) >= 11 is 0. The number of hydrogen-bond acceptors (Lipinski definition) is 4. The minimum Gasteiger partial charge on any atom is -0.481 e. The molecular formula is C14H26N2O5. The Morgan fingerprint density at radius 3 is 2.43 bits per heavy atom. The van der Waals surface area contributed by atoms with Crippen molar-refractivity contribution in [2.75, 3.05) is 19.7 Å². The zero-order chi connectivity index (χ0) is 15.9. The lowest BCUT2D eigenvalue weighted by atomic mass is 9.94. The van der Waals surface area contributed by atoms with Crippen molar-refractivity contribution < 1.29 is 24.9 Å².